The second-order valence-electron chi connectivity index (χ2n) is 5.44. The lowest BCUT2D eigenvalue weighted by Crippen LogP contribution is -2.26. The summed E-state index contributed by atoms with van der Waals surface area (Å²) in [6, 6.07) is 0. The van der Waals surface area contributed by atoms with Crippen molar-refractivity contribution >= 4 is 24.0 Å². The van der Waals surface area contributed by atoms with Gasteiger partial charge < -0.3 is 10.3 Å². The fourth-order valence-electron chi connectivity index (χ4n) is 2.92. The Balaban J connectivity index is 1.67. The molecule has 0 atom stereocenters. The summed E-state index contributed by atoms with van der Waals surface area (Å²) in [5.74, 6) is 2.05. The van der Waals surface area contributed by atoms with Crippen molar-refractivity contribution in [2.75, 3.05) is 6.54 Å². The molecule has 104 valence electrons. The maximum atomic E-state index is 5.42. The number of nitrogens with one attached hydrogen (secondary N) is 2. The summed E-state index contributed by atoms with van der Waals surface area (Å²) in [6.07, 6.45) is 8.01. The summed E-state index contributed by atoms with van der Waals surface area (Å²) >= 11 is 7.47. The van der Waals surface area contributed by atoms with Gasteiger partial charge in [-0.25, -0.2) is 4.98 Å². The SMILES string of the molecule is S=c1nc(CSC2CCCCC2)[nH]c2c1CNCC2. The third-order valence-electron chi connectivity index (χ3n) is 4.02. The Labute approximate surface area is 124 Å². The van der Waals surface area contributed by atoms with Gasteiger partial charge in [0.2, 0.25) is 0 Å². The van der Waals surface area contributed by atoms with E-state index in [4.69, 9.17) is 12.2 Å². The smallest absolute Gasteiger partial charge is 0.134 e. The molecule has 2 N–H and O–H groups in total. The first kappa shape index (κ1) is 13.6. The predicted octanol–water partition coefficient (Wildman–Crippen LogP) is 3.35. The molecule has 1 fully saturated rings. The summed E-state index contributed by atoms with van der Waals surface area (Å²) in [4.78, 5) is 8.08. The number of aromatic nitrogens is 2. The van der Waals surface area contributed by atoms with Crippen LogP contribution in [0.5, 0.6) is 0 Å². The first-order chi connectivity index (χ1) is 9.33. The topological polar surface area (TPSA) is 40.7 Å². The lowest BCUT2D eigenvalue weighted by molar-refractivity contribution is 0.516. The Morgan fingerprint density at radius 2 is 2.11 bits per heavy atom. The zero-order valence-electron chi connectivity index (χ0n) is 11.2. The van der Waals surface area contributed by atoms with Crippen molar-refractivity contribution in [3.05, 3.63) is 21.7 Å². The minimum Gasteiger partial charge on any atom is -0.346 e. The molecule has 5 heteroatoms. The number of fused-ring (bicyclic) bond motifs is 1. The van der Waals surface area contributed by atoms with Crippen LogP contribution >= 0.6 is 24.0 Å². The van der Waals surface area contributed by atoms with Crippen LogP contribution < -0.4 is 5.32 Å². The lowest BCUT2D eigenvalue weighted by atomic mass is 10.0. The third kappa shape index (κ3) is 3.38. The number of aromatic amines is 1. The molecule has 3 nitrogen and oxygen atoms in total. The third-order valence-corrected chi connectivity index (χ3v) is 5.74. The molecule has 2 heterocycles. The van der Waals surface area contributed by atoms with E-state index >= 15 is 0 Å². The van der Waals surface area contributed by atoms with Crippen LogP contribution in [0.15, 0.2) is 0 Å². The van der Waals surface area contributed by atoms with Crippen molar-refractivity contribution in [3.63, 3.8) is 0 Å². The highest BCUT2D eigenvalue weighted by atomic mass is 32.2. The molecule has 1 aromatic rings. The van der Waals surface area contributed by atoms with Gasteiger partial charge in [0.15, 0.2) is 0 Å². The Morgan fingerprint density at radius 1 is 1.26 bits per heavy atom. The number of hydrogen-bond acceptors (Lipinski definition) is 4. The average Bonchev–Trinajstić information content (AvgIpc) is 2.46. The van der Waals surface area contributed by atoms with E-state index in [1.165, 1.54) is 43.4 Å². The molecule has 0 saturated heterocycles. The first-order valence-electron chi connectivity index (χ1n) is 7.26. The van der Waals surface area contributed by atoms with Crippen LogP contribution in [-0.2, 0) is 18.7 Å². The molecule has 0 amide bonds. The van der Waals surface area contributed by atoms with Crippen LogP contribution in [0.1, 0.15) is 49.2 Å². The van der Waals surface area contributed by atoms with Crippen molar-refractivity contribution in [2.45, 2.75) is 56.1 Å². The van der Waals surface area contributed by atoms with Crippen molar-refractivity contribution in [3.8, 4) is 0 Å². The normalized spacial score (nSPS) is 20.2. The Hall–Kier alpha value is -0.390. The van der Waals surface area contributed by atoms with Crippen molar-refractivity contribution in [1.82, 2.24) is 15.3 Å². The van der Waals surface area contributed by atoms with Crippen LogP contribution in [0.25, 0.3) is 0 Å². The van der Waals surface area contributed by atoms with Gasteiger partial charge in [-0.15, -0.1) is 0 Å². The molecule has 1 saturated carbocycles. The van der Waals surface area contributed by atoms with Gasteiger partial charge in [-0.3, -0.25) is 0 Å². The molecule has 0 bridgehead atoms. The Bertz CT molecular complexity index is 492. The molecule has 2 aliphatic rings. The van der Waals surface area contributed by atoms with Gasteiger partial charge in [0.1, 0.15) is 10.5 Å². The number of H-pyrrole nitrogens is 1. The predicted molar refractivity (Wildman–Crippen MR) is 83.0 cm³/mol. The van der Waals surface area contributed by atoms with Gasteiger partial charge >= 0.3 is 0 Å². The second kappa shape index (κ2) is 6.37. The van der Waals surface area contributed by atoms with Crippen LogP contribution in [0.4, 0.5) is 0 Å². The van der Waals surface area contributed by atoms with E-state index in [0.717, 1.165) is 41.0 Å². The van der Waals surface area contributed by atoms with Crippen LogP contribution in [0, 0.1) is 4.64 Å². The largest absolute Gasteiger partial charge is 0.346 e. The molecular weight excluding hydrogens is 274 g/mol. The van der Waals surface area contributed by atoms with Gasteiger partial charge in [0, 0.05) is 36.0 Å². The summed E-state index contributed by atoms with van der Waals surface area (Å²) in [5, 5.41) is 4.18. The maximum Gasteiger partial charge on any atom is 0.134 e. The minimum atomic E-state index is 0.792. The monoisotopic (exact) mass is 295 g/mol. The number of nitrogens with zero attached hydrogens (tertiary/aromatic N) is 1. The van der Waals surface area contributed by atoms with Gasteiger partial charge in [-0.2, -0.15) is 11.8 Å². The highest BCUT2D eigenvalue weighted by Crippen LogP contribution is 2.30. The highest BCUT2D eigenvalue weighted by molar-refractivity contribution is 7.99. The van der Waals surface area contributed by atoms with E-state index in [9.17, 15) is 0 Å². The van der Waals surface area contributed by atoms with E-state index in [1.54, 1.807) is 0 Å². The van der Waals surface area contributed by atoms with Gasteiger partial charge in [0.25, 0.3) is 0 Å². The van der Waals surface area contributed by atoms with E-state index in [-0.39, 0.29) is 0 Å². The highest BCUT2D eigenvalue weighted by Gasteiger charge is 2.16. The second-order valence-corrected chi connectivity index (χ2v) is 7.12. The standard InChI is InChI=1S/C14H21N3S2/c18-14-11-8-15-7-6-12(11)16-13(17-14)9-19-10-4-2-1-3-5-10/h10,15H,1-9H2,(H,16,17,18). The van der Waals surface area contributed by atoms with Crippen molar-refractivity contribution in [1.29, 1.82) is 0 Å². The van der Waals surface area contributed by atoms with Crippen LogP contribution in [0.2, 0.25) is 0 Å². The summed E-state index contributed by atoms with van der Waals surface area (Å²) in [7, 11) is 0. The van der Waals surface area contributed by atoms with Crippen molar-refractivity contribution in [2.24, 2.45) is 0 Å². The van der Waals surface area contributed by atoms with E-state index in [1.807, 2.05) is 0 Å². The van der Waals surface area contributed by atoms with Crippen molar-refractivity contribution < 1.29 is 0 Å². The van der Waals surface area contributed by atoms with Gasteiger partial charge in [-0.05, 0) is 12.8 Å². The zero-order valence-corrected chi connectivity index (χ0v) is 12.8. The molecule has 0 radical (unpaired) electrons. The average molecular weight is 295 g/mol. The molecule has 0 spiro atoms. The molecule has 1 aliphatic carbocycles. The quantitative estimate of drug-likeness (QED) is 0.839. The number of rotatable bonds is 3. The Kier molecular flexibility index (Phi) is 4.56. The van der Waals surface area contributed by atoms with Gasteiger partial charge in [-0.1, -0.05) is 31.5 Å². The first-order valence-corrected chi connectivity index (χ1v) is 8.72. The summed E-state index contributed by atoms with van der Waals surface area (Å²) in [6.45, 7) is 1.91. The molecule has 0 aromatic carbocycles. The minimum absolute atomic E-state index is 0.792. The maximum absolute atomic E-state index is 5.42. The summed E-state index contributed by atoms with van der Waals surface area (Å²) < 4.78 is 0.792. The Morgan fingerprint density at radius 3 is 2.95 bits per heavy atom. The number of hydrogen-bond donors (Lipinski definition) is 2. The molecular formula is C14H21N3S2. The fraction of sp³-hybridized carbons (Fsp3) is 0.714. The van der Waals surface area contributed by atoms with Crippen LogP contribution in [-0.4, -0.2) is 21.8 Å². The summed E-state index contributed by atoms with van der Waals surface area (Å²) in [5.41, 5.74) is 2.51. The van der Waals surface area contributed by atoms with E-state index in [2.05, 4.69) is 27.0 Å². The van der Waals surface area contributed by atoms with E-state index in [0.29, 0.717) is 0 Å². The van der Waals surface area contributed by atoms with Gasteiger partial charge in [0.05, 0.1) is 5.75 Å². The number of thioether (sulfide) groups is 1. The molecule has 3 rings (SSSR count). The zero-order chi connectivity index (χ0) is 13.1. The van der Waals surface area contributed by atoms with E-state index < -0.39 is 0 Å². The molecule has 1 aromatic heterocycles. The van der Waals surface area contributed by atoms with Crippen LogP contribution in [0.3, 0.4) is 0 Å². The molecule has 0 unspecified atom stereocenters. The fourth-order valence-corrected chi connectivity index (χ4v) is 4.42. The lowest BCUT2D eigenvalue weighted by Gasteiger charge is -2.21. The molecule has 19 heavy (non-hydrogen) atoms. The molecule has 1 aliphatic heterocycles.